The van der Waals surface area contributed by atoms with E-state index in [9.17, 15) is 4.79 Å². The van der Waals surface area contributed by atoms with E-state index in [4.69, 9.17) is 16.3 Å². The van der Waals surface area contributed by atoms with Crippen LogP contribution in [0.5, 0.6) is 5.75 Å². The number of rotatable bonds is 5. The lowest BCUT2D eigenvalue weighted by Crippen LogP contribution is -2.11. The van der Waals surface area contributed by atoms with Crippen molar-refractivity contribution in [3.05, 3.63) is 69.8 Å². The Morgan fingerprint density at radius 3 is 2.42 bits per heavy atom. The molecule has 0 bridgehead atoms. The summed E-state index contributed by atoms with van der Waals surface area (Å²) in [7, 11) is 0. The molecule has 1 amide bonds. The number of hydrogen-bond acceptors (Lipinski definition) is 2. The van der Waals surface area contributed by atoms with Crippen molar-refractivity contribution in [3.8, 4) is 5.75 Å². The van der Waals surface area contributed by atoms with Crippen LogP contribution in [0.3, 0.4) is 0 Å². The maximum absolute atomic E-state index is 11.9. The molecule has 0 aromatic heterocycles. The van der Waals surface area contributed by atoms with Crippen molar-refractivity contribution in [3.63, 3.8) is 0 Å². The summed E-state index contributed by atoms with van der Waals surface area (Å²) in [5.74, 6) is 0.652. The third kappa shape index (κ3) is 5.14. The second-order valence-electron chi connectivity index (χ2n) is 6.06. The Balaban J connectivity index is 2.11. The van der Waals surface area contributed by atoms with Gasteiger partial charge in [-0.15, -0.1) is 0 Å². The molecule has 4 heteroatoms. The van der Waals surface area contributed by atoms with Crippen LogP contribution in [0.15, 0.2) is 48.0 Å². The molecule has 0 radical (unpaired) electrons. The number of halogens is 1. The minimum Gasteiger partial charge on any atom is -0.489 e. The van der Waals surface area contributed by atoms with E-state index < -0.39 is 0 Å². The first-order chi connectivity index (χ1) is 11.3. The summed E-state index contributed by atoms with van der Waals surface area (Å²) in [6, 6.07) is 11.4. The van der Waals surface area contributed by atoms with E-state index in [0.717, 1.165) is 33.7 Å². The summed E-state index contributed by atoms with van der Waals surface area (Å²) < 4.78 is 5.85. The largest absolute Gasteiger partial charge is 0.489 e. The van der Waals surface area contributed by atoms with Gasteiger partial charge in [0.2, 0.25) is 5.91 Å². The van der Waals surface area contributed by atoms with Gasteiger partial charge in [-0.05, 0) is 68.7 Å². The Morgan fingerprint density at radius 1 is 1.17 bits per heavy atom. The molecule has 0 atom stereocenters. The fourth-order valence-corrected chi connectivity index (χ4v) is 2.63. The average molecular weight is 344 g/mol. The average Bonchev–Trinajstić information content (AvgIpc) is 2.48. The van der Waals surface area contributed by atoms with Gasteiger partial charge in [0.15, 0.2) is 0 Å². The summed E-state index contributed by atoms with van der Waals surface area (Å²) in [4.78, 5) is 11.9. The number of hydrogen-bond donors (Lipinski definition) is 1. The molecular weight excluding hydrogens is 322 g/mol. The van der Waals surface area contributed by atoms with Gasteiger partial charge in [-0.3, -0.25) is 4.79 Å². The number of allylic oxidation sites excluding steroid dienone is 1. The van der Waals surface area contributed by atoms with Crippen LogP contribution in [0, 0.1) is 13.8 Å². The summed E-state index contributed by atoms with van der Waals surface area (Å²) in [6.45, 7) is 8.15. The third-order valence-electron chi connectivity index (χ3n) is 3.47. The summed E-state index contributed by atoms with van der Waals surface area (Å²) in [6.07, 6.45) is 1.59. The van der Waals surface area contributed by atoms with Gasteiger partial charge in [-0.25, -0.2) is 0 Å². The van der Waals surface area contributed by atoms with E-state index >= 15 is 0 Å². The van der Waals surface area contributed by atoms with E-state index in [1.807, 2.05) is 64.1 Å². The smallest absolute Gasteiger partial charge is 0.248 e. The van der Waals surface area contributed by atoms with Gasteiger partial charge in [0.05, 0.1) is 0 Å². The molecule has 2 aromatic rings. The molecule has 0 saturated heterocycles. The van der Waals surface area contributed by atoms with Crippen molar-refractivity contribution in [2.45, 2.75) is 34.3 Å². The number of anilines is 1. The van der Waals surface area contributed by atoms with Crippen LogP contribution in [-0.4, -0.2) is 5.91 Å². The van der Waals surface area contributed by atoms with Crippen molar-refractivity contribution in [1.29, 1.82) is 0 Å². The Labute approximate surface area is 148 Å². The van der Waals surface area contributed by atoms with Gasteiger partial charge >= 0.3 is 0 Å². The molecule has 0 spiro atoms. The zero-order valence-electron chi connectivity index (χ0n) is 14.4. The maximum Gasteiger partial charge on any atom is 0.248 e. The minimum absolute atomic E-state index is 0.117. The van der Waals surface area contributed by atoms with E-state index in [2.05, 4.69) is 5.32 Å². The van der Waals surface area contributed by atoms with Crippen molar-refractivity contribution >= 4 is 23.2 Å². The molecule has 0 fully saturated rings. The molecular formula is C20H22ClNO2. The van der Waals surface area contributed by atoms with Crippen LogP contribution < -0.4 is 10.1 Å². The zero-order valence-corrected chi connectivity index (χ0v) is 15.2. The third-order valence-corrected chi connectivity index (χ3v) is 3.70. The zero-order chi connectivity index (χ0) is 17.7. The van der Waals surface area contributed by atoms with Crippen LogP contribution in [0.2, 0.25) is 5.02 Å². The number of carbonyl (C=O) groups is 1. The first-order valence-electron chi connectivity index (χ1n) is 7.79. The van der Waals surface area contributed by atoms with E-state index in [1.165, 1.54) is 0 Å². The molecule has 1 N–H and O–H groups in total. The SMILES string of the molecule is CC(C)=CC(=O)Nc1c(C)cc(OCc2cccc(Cl)c2)cc1C. The van der Waals surface area contributed by atoms with Crippen LogP contribution in [0.1, 0.15) is 30.5 Å². The topological polar surface area (TPSA) is 38.3 Å². The quantitative estimate of drug-likeness (QED) is 0.734. The summed E-state index contributed by atoms with van der Waals surface area (Å²) in [5.41, 5.74) is 4.73. The van der Waals surface area contributed by atoms with Gasteiger partial charge in [0.25, 0.3) is 0 Å². The molecule has 0 aliphatic heterocycles. The maximum atomic E-state index is 11.9. The molecule has 0 saturated carbocycles. The van der Waals surface area contributed by atoms with Crippen molar-refractivity contribution in [2.75, 3.05) is 5.32 Å². The highest BCUT2D eigenvalue weighted by Crippen LogP contribution is 2.27. The molecule has 0 aliphatic carbocycles. The van der Waals surface area contributed by atoms with Crippen LogP contribution in [0.25, 0.3) is 0 Å². The molecule has 3 nitrogen and oxygen atoms in total. The molecule has 0 aliphatic rings. The number of amides is 1. The van der Waals surface area contributed by atoms with Crippen molar-refractivity contribution in [2.24, 2.45) is 0 Å². The van der Waals surface area contributed by atoms with Gasteiger partial charge in [-0.2, -0.15) is 0 Å². The summed E-state index contributed by atoms with van der Waals surface area (Å²) in [5, 5.41) is 3.63. The standard InChI is InChI=1S/C20H22ClNO2/c1-13(2)8-19(23)22-20-14(3)9-18(10-15(20)4)24-12-16-6-5-7-17(21)11-16/h5-11H,12H2,1-4H3,(H,22,23). The van der Waals surface area contributed by atoms with Crippen LogP contribution in [0.4, 0.5) is 5.69 Å². The first kappa shape index (κ1) is 18.1. The highest BCUT2D eigenvalue weighted by atomic mass is 35.5. The lowest BCUT2D eigenvalue weighted by molar-refractivity contribution is -0.112. The Hall–Kier alpha value is -2.26. The van der Waals surface area contributed by atoms with Crippen molar-refractivity contribution in [1.82, 2.24) is 0 Å². The van der Waals surface area contributed by atoms with Crippen molar-refractivity contribution < 1.29 is 9.53 Å². The van der Waals surface area contributed by atoms with E-state index in [-0.39, 0.29) is 5.91 Å². The lowest BCUT2D eigenvalue weighted by Gasteiger charge is -2.14. The highest BCUT2D eigenvalue weighted by Gasteiger charge is 2.09. The Kier molecular flexibility index (Phi) is 6.04. The van der Waals surface area contributed by atoms with Crippen LogP contribution in [-0.2, 0) is 11.4 Å². The Bertz CT molecular complexity index is 754. The molecule has 126 valence electrons. The second kappa shape index (κ2) is 8.02. The van der Waals surface area contributed by atoms with Gasteiger partial charge in [-0.1, -0.05) is 29.3 Å². The molecule has 2 aromatic carbocycles. The highest BCUT2D eigenvalue weighted by molar-refractivity contribution is 6.30. The van der Waals surface area contributed by atoms with Crippen LogP contribution >= 0.6 is 11.6 Å². The number of ether oxygens (including phenoxy) is 1. The molecule has 24 heavy (non-hydrogen) atoms. The Morgan fingerprint density at radius 2 is 1.83 bits per heavy atom. The summed E-state index contributed by atoms with van der Waals surface area (Å²) >= 11 is 5.98. The fraction of sp³-hybridized carbons (Fsp3) is 0.250. The number of benzene rings is 2. The van der Waals surface area contributed by atoms with Gasteiger partial charge in [0.1, 0.15) is 12.4 Å². The predicted octanol–water partition coefficient (Wildman–Crippen LogP) is 5.44. The normalized spacial score (nSPS) is 10.2. The monoisotopic (exact) mass is 343 g/mol. The molecule has 0 heterocycles. The first-order valence-corrected chi connectivity index (χ1v) is 8.17. The molecule has 0 unspecified atom stereocenters. The lowest BCUT2D eigenvalue weighted by atomic mass is 10.1. The number of nitrogens with one attached hydrogen (secondary N) is 1. The number of aryl methyl sites for hydroxylation is 2. The molecule has 2 rings (SSSR count). The minimum atomic E-state index is -0.117. The van der Waals surface area contributed by atoms with E-state index in [0.29, 0.717) is 11.6 Å². The van der Waals surface area contributed by atoms with Gasteiger partial charge < -0.3 is 10.1 Å². The fourth-order valence-electron chi connectivity index (χ4n) is 2.42. The second-order valence-corrected chi connectivity index (χ2v) is 6.50. The number of carbonyl (C=O) groups excluding carboxylic acids is 1. The van der Waals surface area contributed by atoms with E-state index in [1.54, 1.807) is 6.08 Å². The predicted molar refractivity (Wildman–Crippen MR) is 99.8 cm³/mol. The van der Waals surface area contributed by atoms with Gasteiger partial charge in [0, 0.05) is 16.8 Å².